The van der Waals surface area contributed by atoms with Crippen LogP contribution in [0.25, 0.3) is 0 Å². The fraction of sp³-hybridized carbons (Fsp3) is 0.267. The molecule has 0 saturated carbocycles. The van der Waals surface area contributed by atoms with Gasteiger partial charge in [-0.1, -0.05) is 35.3 Å². The molecule has 0 saturated heterocycles. The summed E-state index contributed by atoms with van der Waals surface area (Å²) >= 11 is 12.1. The maximum absolute atomic E-state index is 12.5. The molecule has 0 aliphatic heterocycles. The maximum Gasteiger partial charge on any atom is 0.270 e. The van der Waals surface area contributed by atoms with E-state index < -0.39 is 0 Å². The summed E-state index contributed by atoms with van der Waals surface area (Å²) in [5.74, 6) is -0.107. The number of aromatic nitrogens is 1. The first kappa shape index (κ1) is 15.7. The third kappa shape index (κ3) is 3.34. The number of hydrogen-bond donors (Lipinski definition) is 1. The fourth-order valence-corrected chi connectivity index (χ4v) is 2.55. The molecule has 1 aromatic carbocycles. The second-order valence-electron chi connectivity index (χ2n) is 4.82. The van der Waals surface area contributed by atoms with Gasteiger partial charge in [0.05, 0.1) is 15.7 Å². The van der Waals surface area contributed by atoms with Crippen LogP contribution in [0.15, 0.2) is 30.5 Å². The molecule has 2 rings (SSSR count). The Hall–Kier alpha value is -1.65. The van der Waals surface area contributed by atoms with Gasteiger partial charge >= 0.3 is 0 Å². The average molecular weight is 326 g/mol. The number of nitrogen functional groups attached to an aromatic ring is 1. The minimum Gasteiger partial charge on any atom is -0.397 e. The fourth-order valence-electron chi connectivity index (χ4n) is 2.17. The number of nitrogens with two attached hydrogens (primary N) is 1. The van der Waals surface area contributed by atoms with E-state index in [1.807, 2.05) is 23.6 Å². The minimum absolute atomic E-state index is 0.107. The van der Waals surface area contributed by atoms with Crippen molar-refractivity contribution in [3.8, 4) is 0 Å². The molecule has 2 aromatic rings. The highest BCUT2D eigenvalue weighted by Gasteiger charge is 2.18. The van der Waals surface area contributed by atoms with Crippen LogP contribution < -0.4 is 5.73 Å². The highest BCUT2D eigenvalue weighted by atomic mass is 35.5. The van der Waals surface area contributed by atoms with Gasteiger partial charge in [0.15, 0.2) is 0 Å². The zero-order valence-electron chi connectivity index (χ0n) is 11.9. The van der Waals surface area contributed by atoms with Crippen LogP contribution in [-0.4, -0.2) is 22.4 Å². The summed E-state index contributed by atoms with van der Waals surface area (Å²) in [7, 11) is 1.72. The Labute approximate surface area is 134 Å². The molecule has 0 spiro atoms. The van der Waals surface area contributed by atoms with Gasteiger partial charge in [0.25, 0.3) is 5.91 Å². The van der Waals surface area contributed by atoms with Crippen molar-refractivity contribution in [1.82, 2.24) is 9.47 Å². The van der Waals surface area contributed by atoms with Crippen LogP contribution >= 0.6 is 23.2 Å². The van der Waals surface area contributed by atoms with Gasteiger partial charge in [-0.05, 0) is 24.6 Å². The molecule has 1 aromatic heterocycles. The number of rotatable bonds is 4. The molecule has 0 fully saturated rings. The van der Waals surface area contributed by atoms with E-state index in [1.165, 1.54) is 0 Å². The number of amides is 1. The van der Waals surface area contributed by atoms with Crippen LogP contribution in [0.4, 0.5) is 5.69 Å². The Morgan fingerprint density at radius 2 is 2.10 bits per heavy atom. The number of carbonyl (C=O) groups excluding carboxylic acids is 1. The first-order valence-corrected chi connectivity index (χ1v) is 7.33. The molecule has 4 nitrogen and oxygen atoms in total. The Bertz CT molecular complexity index is 667. The van der Waals surface area contributed by atoms with E-state index in [-0.39, 0.29) is 5.91 Å². The quantitative estimate of drug-likeness (QED) is 0.932. The molecule has 0 radical (unpaired) electrons. The number of aryl methyl sites for hydroxylation is 1. The summed E-state index contributed by atoms with van der Waals surface area (Å²) < 4.78 is 1.83. The SMILES string of the molecule is CCn1cc(N)cc1C(=O)N(C)Cc1cccc(Cl)c1Cl. The molecule has 0 atom stereocenters. The third-order valence-electron chi connectivity index (χ3n) is 3.26. The van der Waals surface area contributed by atoms with Crippen LogP contribution in [0.1, 0.15) is 23.0 Å². The van der Waals surface area contributed by atoms with Crippen LogP contribution in [0.3, 0.4) is 0 Å². The van der Waals surface area contributed by atoms with Crippen molar-refractivity contribution in [2.45, 2.75) is 20.0 Å². The lowest BCUT2D eigenvalue weighted by atomic mass is 10.2. The standard InChI is InChI=1S/C15H17Cl2N3O/c1-3-20-9-11(18)7-13(20)15(21)19(2)8-10-5-4-6-12(16)14(10)17/h4-7,9H,3,8,18H2,1-2H3. The molecule has 0 aliphatic carbocycles. The van der Waals surface area contributed by atoms with Gasteiger partial charge in [-0.2, -0.15) is 0 Å². The molecule has 112 valence electrons. The first-order valence-electron chi connectivity index (χ1n) is 6.58. The number of benzene rings is 1. The Morgan fingerprint density at radius 3 is 2.76 bits per heavy atom. The van der Waals surface area contributed by atoms with Gasteiger partial charge in [-0.25, -0.2) is 0 Å². The van der Waals surface area contributed by atoms with Gasteiger partial charge < -0.3 is 15.2 Å². The van der Waals surface area contributed by atoms with Gasteiger partial charge in [0.1, 0.15) is 5.69 Å². The van der Waals surface area contributed by atoms with E-state index in [0.717, 1.165) is 5.56 Å². The predicted octanol–water partition coefficient (Wildman–Crippen LogP) is 3.67. The lowest BCUT2D eigenvalue weighted by Crippen LogP contribution is -2.28. The van der Waals surface area contributed by atoms with Crippen molar-refractivity contribution in [1.29, 1.82) is 0 Å². The molecular formula is C15H17Cl2N3O. The van der Waals surface area contributed by atoms with Gasteiger partial charge in [-0.3, -0.25) is 4.79 Å². The number of hydrogen-bond acceptors (Lipinski definition) is 2. The minimum atomic E-state index is -0.107. The Morgan fingerprint density at radius 1 is 1.38 bits per heavy atom. The molecule has 1 heterocycles. The highest BCUT2D eigenvalue weighted by molar-refractivity contribution is 6.42. The van der Waals surface area contributed by atoms with Crippen LogP contribution in [-0.2, 0) is 13.1 Å². The lowest BCUT2D eigenvalue weighted by molar-refractivity contribution is 0.0774. The van der Waals surface area contributed by atoms with Crippen molar-refractivity contribution in [3.63, 3.8) is 0 Å². The number of anilines is 1. The number of nitrogens with zero attached hydrogens (tertiary/aromatic N) is 2. The van der Waals surface area contributed by atoms with E-state index in [1.54, 1.807) is 30.3 Å². The maximum atomic E-state index is 12.5. The van der Waals surface area contributed by atoms with E-state index >= 15 is 0 Å². The largest absolute Gasteiger partial charge is 0.397 e. The normalized spacial score (nSPS) is 10.7. The monoisotopic (exact) mass is 325 g/mol. The predicted molar refractivity (Wildman–Crippen MR) is 86.8 cm³/mol. The van der Waals surface area contributed by atoms with Crippen LogP contribution in [0.5, 0.6) is 0 Å². The first-order chi connectivity index (χ1) is 9.93. The summed E-state index contributed by atoms with van der Waals surface area (Å²) in [6, 6.07) is 7.07. The zero-order valence-corrected chi connectivity index (χ0v) is 13.4. The zero-order chi connectivity index (χ0) is 15.6. The van der Waals surface area contributed by atoms with Crippen molar-refractivity contribution in [2.75, 3.05) is 12.8 Å². The van der Waals surface area contributed by atoms with Gasteiger partial charge in [0, 0.05) is 26.3 Å². The summed E-state index contributed by atoms with van der Waals surface area (Å²) in [5, 5.41) is 0.959. The van der Waals surface area contributed by atoms with Crippen molar-refractivity contribution in [3.05, 3.63) is 51.8 Å². The summed E-state index contributed by atoms with van der Waals surface area (Å²) in [4.78, 5) is 14.1. The second-order valence-corrected chi connectivity index (χ2v) is 5.60. The summed E-state index contributed by atoms with van der Waals surface area (Å²) in [6.07, 6.45) is 1.76. The Balaban J connectivity index is 2.21. The average Bonchev–Trinajstić information content (AvgIpc) is 2.84. The van der Waals surface area contributed by atoms with E-state index in [2.05, 4.69) is 0 Å². The molecule has 2 N–H and O–H groups in total. The molecular weight excluding hydrogens is 309 g/mol. The van der Waals surface area contributed by atoms with E-state index in [0.29, 0.717) is 34.5 Å². The van der Waals surface area contributed by atoms with E-state index in [9.17, 15) is 4.79 Å². The highest BCUT2D eigenvalue weighted by Crippen LogP contribution is 2.26. The molecule has 21 heavy (non-hydrogen) atoms. The summed E-state index contributed by atoms with van der Waals surface area (Å²) in [5.41, 5.74) is 7.71. The number of carbonyl (C=O) groups is 1. The van der Waals surface area contributed by atoms with E-state index in [4.69, 9.17) is 28.9 Å². The third-order valence-corrected chi connectivity index (χ3v) is 4.12. The van der Waals surface area contributed by atoms with Crippen LogP contribution in [0.2, 0.25) is 10.0 Å². The second kappa shape index (κ2) is 6.41. The van der Waals surface area contributed by atoms with Crippen molar-refractivity contribution < 1.29 is 4.79 Å². The smallest absolute Gasteiger partial charge is 0.270 e. The molecule has 0 aliphatic rings. The van der Waals surface area contributed by atoms with Gasteiger partial charge in [-0.15, -0.1) is 0 Å². The summed E-state index contributed by atoms with van der Waals surface area (Å²) in [6.45, 7) is 3.03. The van der Waals surface area contributed by atoms with Crippen molar-refractivity contribution in [2.24, 2.45) is 0 Å². The Kier molecular flexibility index (Phi) is 4.80. The molecule has 0 bridgehead atoms. The van der Waals surface area contributed by atoms with Crippen molar-refractivity contribution >= 4 is 34.8 Å². The lowest BCUT2D eigenvalue weighted by Gasteiger charge is -2.19. The molecule has 1 amide bonds. The molecule has 0 unspecified atom stereocenters. The molecule has 6 heteroatoms. The van der Waals surface area contributed by atoms with Crippen LogP contribution in [0, 0.1) is 0 Å². The number of halogens is 2. The topological polar surface area (TPSA) is 51.3 Å². The van der Waals surface area contributed by atoms with Gasteiger partial charge in [0.2, 0.25) is 0 Å².